The molecule has 4 rings (SSSR count). The fourth-order valence-corrected chi connectivity index (χ4v) is 4.69. The SMILES string of the molecule is Cc1cc(N2CC(C(=O)NN3C(=O)NC4(CCC(C)CC4)C3=O)CC2=O)ccc1Br. The van der Waals surface area contributed by atoms with Crippen LogP contribution in [-0.2, 0) is 14.4 Å². The fraction of sp³-hybridized carbons (Fsp3) is 0.524. The number of amides is 5. The van der Waals surface area contributed by atoms with Crippen LogP contribution in [0.3, 0.4) is 0 Å². The lowest BCUT2D eigenvalue weighted by Crippen LogP contribution is -2.52. The summed E-state index contributed by atoms with van der Waals surface area (Å²) < 4.78 is 0.941. The largest absolute Gasteiger partial charge is 0.344 e. The molecule has 1 saturated carbocycles. The van der Waals surface area contributed by atoms with E-state index in [2.05, 4.69) is 33.6 Å². The lowest BCUT2D eigenvalue weighted by molar-refractivity contribution is -0.141. The predicted octanol–water partition coefficient (Wildman–Crippen LogP) is 2.64. The van der Waals surface area contributed by atoms with Gasteiger partial charge in [-0.1, -0.05) is 22.9 Å². The van der Waals surface area contributed by atoms with Crippen molar-refractivity contribution in [2.45, 2.75) is 51.5 Å². The number of hydrogen-bond donors (Lipinski definition) is 2. The number of anilines is 1. The van der Waals surface area contributed by atoms with Crippen molar-refractivity contribution in [2.24, 2.45) is 11.8 Å². The molecule has 9 heteroatoms. The van der Waals surface area contributed by atoms with Crippen molar-refractivity contribution in [1.29, 1.82) is 0 Å². The highest BCUT2D eigenvalue weighted by Crippen LogP contribution is 2.36. The maximum absolute atomic E-state index is 12.9. The zero-order chi connectivity index (χ0) is 21.6. The van der Waals surface area contributed by atoms with Crippen LogP contribution in [-0.4, -0.2) is 40.8 Å². The third kappa shape index (κ3) is 3.59. The van der Waals surface area contributed by atoms with Gasteiger partial charge in [-0.2, -0.15) is 5.01 Å². The van der Waals surface area contributed by atoms with Gasteiger partial charge in [-0.15, -0.1) is 0 Å². The normalized spacial score (nSPS) is 29.0. The second-order valence-electron chi connectivity index (χ2n) is 8.65. The van der Waals surface area contributed by atoms with Crippen LogP contribution in [0.1, 0.15) is 44.6 Å². The number of nitrogens with zero attached hydrogens (tertiary/aromatic N) is 2. The number of carbonyl (C=O) groups is 4. The molecule has 3 aliphatic rings. The standard InChI is InChI=1S/C21H25BrN4O4/c1-12-5-7-21(8-6-12)19(29)26(20(30)23-21)24-18(28)14-10-17(27)25(11-14)15-3-4-16(22)13(2)9-15/h3-4,9,12,14H,5-8,10-11H2,1-2H3,(H,23,30)(H,24,28). The van der Waals surface area contributed by atoms with Crippen molar-refractivity contribution in [2.75, 3.05) is 11.4 Å². The predicted molar refractivity (Wildman–Crippen MR) is 113 cm³/mol. The number of benzene rings is 1. The smallest absolute Gasteiger partial charge is 0.322 e. The number of carbonyl (C=O) groups excluding carboxylic acids is 4. The van der Waals surface area contributed by atoms with E-state index in [9.17, 15) is 19.2 Å². The minimum absolute atomic E-state index is 0.0350. The average molecular weight is 477 g/mol. The first-order valence-electron chi connectivity index (χ1n) is 10.2. The molecule has 0 aromatic heterocycles. The van der Waals surface area contributed by atoms with E-state index in [4.69, 9.17) is 0 Å². The summed E-state index contributed by atoms with van der Waals surface area (Å²) in [6.45, 7) is 4.26. The van der Waals surface area contributed by atoms with Crippen molar-refractivity contribution >= 4 is 45.4 Å². The number of hydrogen-bond acceptors (Lipinski definition) is 4. The highest BCUT2D eigenvalue weighted by molar-refractivity contribution is 9.10. The molecule has 1 aromatic rings. The second-order valence-corrected chi connectivity index (χ2v) is 9.50. The highest BCUT2D eigenvalue weighted by atomic mass is 79.9. The van der Waals surface area contributed by atoms with Gasteiger partial charge in [-0.05, 0) is 62.3 Å². The van der Waals surface area contributed by atoms with Crippen molar-refractivity contribution in [3.63, 3.8) is 0 Å². The van der Waals surface area contributed by atoms with Crippen molar-refractivity contribution in [1.82, 2.24) is 15.8 Å². The third-order valence-electron chi connectivity index (χ3n) is 6.46. The molecule has 0 radical (unpaired) electrons. The first-order chi connectivity index (χ1) is 14.2. The van der Waals surface area contributed by atoms with Crippen LogP contribution in [0.15, 0.2) is 22.7 Å². The average Bonchev–Trinajstić information content (AvgIpc) is 3.20. The van der Waals surface area contributed by atoms with E-state index in [1.165, 1.54) is 0 Å². The maximum Gasteiger partial charge on any atom is 0.344 e. The molecule has 2 aliphatic heterocycles. The minimum atomic E-state index is -0.913. The molecule has 1 spiro atoms. The summed E-state index contributed by atoms with van der Waals surface area (Å²) in [6.07, 6.45) is 2.89. The van der Waals surface area contributed by atoms with Gasteiger partial charge in [0.1, 0.15) is 5.54 Å². The first-order valence-corrected chi connectivity index (χ1v) is 11.0. The highest BCUT2D eigenvalue weighted by Gasteiger charge is 2.53. The van der Waals surface area contributed by atoms with Gasteiger partial charge in [0.15, 0.2) is 0 Å². The molecule has 1 aromatic carbocycles. The van der Waals surface area contributed by atoms with E-state index in [0.717, 1.165) is 33.6 Å². The molecule has 5 amide bonds. The summed E-state index contributed by atoms with van der Waals surface area (Å²) in [5, 5.41) is 3.58. The van der Waals surface area contributed by atoms with E-state index >= 15 is 0 Å². The molecule has 1 unspecified atom stereocenters. The molecular weight excluding hydrogens is 452 g/mol. The minimum Gasteiger partial charge on any atom is -0.322 e. The van der Waals surface area contributed by atoms with Gasteiger partial charge in [0.25, 0.3) is 5.91 Å². The van der Waals surface area contributed by atoms with Crippen molar-refractivity contribution in [3.8, 4) is 0 Å². The number of nitrogens with one attached hydrogen (secondary N) is 2. The Morgan fingerprint density at radius 2 is 1.93 bits per heavy atom. The Bertz CT molecular complexity index is 926. The molecule has 160 valence electrons. The summed E-state index contributed by atoms with van der Waals surface area (Å²) in [7, 11) is 0. The third-order valence-corrected chi connectivity index (χ3v) is 7.35. The summed E-state index contributed by atoms with van der Waals surface area (Å²) in [6, 6.07) is 4.96. The Morgan fingerprint density at radius 3 is 2.60 bits per heavy atom. The molecule has 8 nitrogen and oxygen atoms in total. The van der Waals surface area contributed by atoms with E-state index in [1.807, 2.05) is 25.1 Å². The number of hydrazine groups is 1. The van der Waals surface area contributed by atoms with Crippen LogP contribution >= 0.6 is 15.9 Å². The maximum atomic E-state index is 12.9. The van der Waals surface area contributed by atoms with Gasteiger partial charge < -0.3 is 10.2 Å². The van der Waals surface area contributed by atoms with Crippen LogP contribution in [0.5, 0.6) is 0 Å². The van der Waals surface area contributed by atoms with Crippen LogP contribution in [0.25, 0.3) is 0 Å². The molecule has 30 heavy (non-hydrogen) atoms. The quantitative estimate of drug-likeness (QED) is 0.654. The Balaban J connectivity index is 1.43. The monoisotopic (exact) mass is 476 g/mol. The topological polar surface area (TPSA) is 98.8 Å². The Hall–Kier alpha value is -2.42. The van der Waals surface area contributed by atoms with E-state index in [0.29, 0.717) is 18.8 Å². The second kappa shape index (κ2) is 7.68. The van der Waals surface area contributed by atoms with E-state index < -0.39 is 29.3 Å². The zero-order valence-electron chi connectivity index (χ0n) is 17.0. The van der Waals surface area contributed by atoms with Gasteiger partial charge in [0.05, 0.1) is 5.92 Å². The van der Waals surface area contributed by atoms with Gasteiger partial charge >= 0.3 is 6.03 Å². The zero-order valence-corrected chi connectivity index (χ0v) is 18.6. The molecular formula is C21H25BrN4O4. The van der Waals surface area contributed by atoms with Crippen molar-refractivity contribution < 1.29 is 19.2 Å². The molecule has 2 N–H and O–H groups in total. The van der Waals surface area contributed by atoms with Crippen LogP contribution in [0, 0.1) is 18.8 Å². The van der Waals surface area contributed by atoms with Gasteiger partial charge in [0.2, 0.25) is 11.8 Å². The Labute approximate surface area is 183 Å². The molecule has 2 heterocycles. The molecule has 0 bridgehead atoms. The van der Waals surface area contributed by atoms with Gasteiger partial charge in [-0.25, -0.2) is 4.79 Å². The number of urea groups is 1. The lowest BCUT2D eigenvalue weighted by Gasteiger charge is -2.33. The molecule has 3 fully saturated rings. The molecule has 1 atom stereocenters. The van der Waals surface area contributed by atoms with Crippen molar-refractivity contribution in [3.05, 3.63) is 28.2 Å². The first kappa shape index (κ1) is 20.8. The number of aryl methyl sites for hydroxylation is 1. The molecule has 1 aliphatic carbocycles. The van der Waals surface area contributed by atoms with Gasteiger partial charge in [-0.3, -0.25) is 19.8 Å². The molecule has 2 saturated heterocycles. The lowest BCUT2D eigenvalue weighted by atomic mass is 9.77. The van der Waals surface area contributed by atoms with Crippen LogP contribution in [0.4, 0.5) is 10.5 Å². The number of rotatable bonds is 3. The summed E-state index contributed by atoms with van der Waals surface area (Å²) in [5.41, 5.74) is 3.26. The summed E-state index contributed by atoms with van der Waals surface area (Å²) >= 11 is 3.44. The summed E-state index contributed by atoms with van der Waals surface area (Å²) in [5.74, 6) is -1.18. The Morgan fingerprint density at radius 1 is 1.23 bits per heavy atom. The summed E-state index contributed by atoms with van der Waals surface area (Å²) in [4.78, 5) is 52.2. The van der Waals surface area contributed by atoms with E-state index in [-0.39, 0.29) is 18.9 Å². The number of imide groups is 1. The van der Waals surface area contributed by atoms with Crippen LogP contribution in [0.2, 0.25) is 0 Å². The Kier molecular flexibility index (Phi) is 5.34. The number of halogens is 1. The van der Waals surface area contributed by atoms with Gasteiger partial charge in [0, 0.05) is 23.1 Å². The van der Waals surface area contributed by atoms with Crippen LogP contribution < -0.4 is 15.6 Å². The fourth-order valence-electron chi connectivity index (χ4n) is 4.45. The van der Waals surface area contributed by atoms with E-state index in [1.54, 1.807) is 4.90 Å².